The highest BCUT2D eigenvalue weighted by molar-refractivity contribution is 7.99. The van der Waals surface area contributed by atoms with Crippen molar-refractivity contribution in [2.75, 3.05) is 12.3 Å². The molecule has 1 aromatic carbocycles. The number of aryl methyl sites for hydroxylation is 1. The Hall–Kier alpha value is -1.81. The molecule has 2 aromatic rings. The molecule has 1 atom stereocenters. The lowest BCUT2D eigenvalue weighted by Gasteiger charge is -2.24. The molecule has 0 aliphatic carbocycles. The monoisotopic (exact) mass is 298 g/mol. The number of nitrogens with zero attached hydrogens (tertiary/aromatic N) is 2. The standard InChI is InChI=1S/C17H18N2OS/c1-2-13-5-7-14(8-6-13)16(20)19-10-11-21-17(19)15-4-3-9-18-12-15/h3-9,12,17H,2,10-11H2,1H3. The van der Waals surface area contributed by atoms with Crippen molar-refractivity contribution in [3.05, 3.63) is 65.5 Å². The summed E-state index contributed by atoms with van der Waals surface area (Å²) in [7, 11) is 0. The quantitative estimate of drug-likeness (QED) is 0.869. The minimum atomic E-state index is 0.0806. The second kappa shape index (κ2) is 6.31. The van der Waals surface area contributed by atoms with Crippen LogP contribution in [0.2, 0.25) is 0 Å². The highest BCUT2D eigenvalue weighted by Gasteiger charge is 2.31. The normalized spacial score (nSPS) is 18.0. The zero-order valence-corrected chi connectivity index (χ0v) is 12.8. The molecular weight excluding hydrogens is 280 g/mol. The maximum absolute atomic E-state index is 12.7. The summed E-state index contributed by atoms with van der Waals surface area (Å²) in [5.74, 6) is 1.08. The topological polar surface area (TPSA) is 33.2 Å². The van der Waals surface area contributed by atoms with Gasteiger partial charge in [0.25, 0.3) is 5.91 Å². The SMILES string of the molecule is CCc1ccc(C(=O)N2CCSC2c2cccnc2)cc1. The van der Waals surface area contributed by atoms with Crippen LogP contribution in [0, 0.1) is 0 Å². The van der Waals surface area contributed by atoms with Crippen LogP contribution in [0.15, 0.2) is 48.8 Å². The molecule has 1 unspecified atom stereocenters. The number of pyridine rings is 1. The Kier molecular flexibility index (Phi) is 4.25. The van der Waals surface area contributed by atoms with Crippen LogP contribution in [0.3, 0.4) is 0 Å². The van der Waals surface area contributed by atoms with Crippen LogP contribution in [0.25, 0.3) is 0 Å². The van der Waals surface area contributed by atoms with E-state index in [0.29, 0.717) is 0 Å². The summed E-state index contributed by atoms with van der Waals surface area (Å²) in [5.41, 5.74) is 3.12. The molecule has 0 spiro atoms. The van der Waals surface area contributed by atoms with E-state index in [9.17, 15) is 4.79 Å². The van der Waals surface area contributed by atoms with Crippen LogP contribution in [0.4, 0.5) is 0 Å². The van der Waals surface area contributed by atoms with Gasteiger partial charge in [0.15, 0.2) is 0 Å². The molecular formula is C17H18N2OS. The summed E-state index contributed by atoms with van der Waals surface area (Å²) >= 11 is 1.80. The Morgan fingerprint density at radius 1 is 1.33 bits per heavy atom. The van der Waals surface area contributed by atoms with Gasteiger partial charge in [0.05, 0.1) is 0 Å². The third kappa shape index (κ3) is 2.95. The Balaban J connectivity index is 1.82. The van der Waals surface area contributed by atoms with Gasteiger partial charge in [-0.15, -0.1) is 11.8 Å². The summed E-state index contributed by atoms with van der Waals surface area (Å²) in [4.78, 5) is 18.8. The highest BCUT2D eigenvalue weighted by Crippen LogP contribution is 2.38. The van der Waals surface area contributed by atoms with E-state index < -0.39 is 0 Å². The van der Waals surface area contributed by atoms with Crippen molar-refractivity contribution in [1.29, 1.82) is 0 Å². The fourth-order valence-corrected chi connectivity index (χ4v) is 3.76. The Bertz CT molecular complexity index is 612. The lowest BCUT2D eigenvalue weighted by molar-refractivity contribution is 0.0760. The molecule has 0 saturated carbocycles. The molecule has 0 radical (unpaired) electrons. The molecule has 1 amide bonds. The van der Waals surface area contributed by atoms with Gasteiger partial charge in [-0.1, -0.05) is 25.1 Å². The molecule has 21 heavy (non-hydrogen) atoms. The van der Waals surface area contributed by atoms with Gasteiger partial charge < -0.3 is 4.90 Å². The smallest absolute Gasteiger partial charge is 0.255 e. The number of hydrogen-bond donors (Lipinski definition) is 0. The van der Waals surface area contributed by atoms with Crippen molar-refractivity contribution in [1.82, 2.24) is 9.88 Å². The number of hydrogen-bond acceptors (Lipinski definition) is 3. The molecule has 0 N–H and O–H groups in total. The Morgan fingerprint density at radius 2 is 2.14 bits per heavy atom. The van der Waals surface area contributed by atoms with Crippen LogP contribution >= 0.6 is 11.8 Å². The zero-order valence-electron chi connectivity index (χ0n) is 12.0. The minimum Gasteiger partial charge on any atom is -0.322 e. The average molecular weight is 298 g/mol. The van der Waals surface area contributed by atoms with Gasteiger partial charge >= 0.3 is 0 Å². The molecule has 1 aromatic heterocycles. The largest absolute Gasteiger partial charge is 0.322 e. The highest BCUT2D eigenvalue weighted by atomic mass is 32.2. The van der Waals surface area contributed by atoms with Gasteiger partial charge in [0.1, 0.15) is 5.37 Å². The number of carbonyl (C=O) groups is 1. The molecule has 3 rings (SSSR count). The zero-order chi connectivity index (χ0) is 14.7. The first-order chi connectivity index (χ1) is 10.3. The number of rotatable bonds is 3. The van der Waals surface area contributed by atoms with E-state index in [0.717, 1.165) is 29.8 Å². The minimum absolute atomic E-state index is 0.0806. The van der Waals surface area contributed by atoms with E-state index >= 15 is 0 Å². The first-order valence-electron chi connectivity index (χ1n) is 7.21. The fourth-order valence-electron chi connectivity index (χ4n) is 2.53. The van der Waals surface area contributed by atoms with Crippen molar-refractivity contribution < 1.29 is 4.79 Å². The number of aromatic nitrogens is 1. The summed E-state index contributed by atoms with van der Waals surface area (Å²) in [6.45, 7) is 2.91. The maximum Gasteiger partial charge on any atom is 0.255 e. The van der Waals surface area contributed by atoms with Crippen LogP contribution < -0.4 is 0 Å². The third-order valence-electron chi connectivity index (χ3n) is 3.73. The molecule has 1 fully saturated rings. The second-order valence-electron chi connectivity index (χ2n) is 5.06. The van der Waals surface area contributed by atoms with E-state index in [2.05, 4.69) is 11.9 Å². The van der Waals surface area contributed by atoms with Crippen molar-refractivity contribution >= 4 is 17.7 Å². The fraction of sp³-hybridized carbons (Fsp3) is 0.294. The van der Waals surface area contributed by atoms with Gasteiger partial charge in [-0.25, -0.2) is 0 Å². The van der Waals surface area contributed by atoms with Crippen molar-refractivity contribution in [3.63, 3.8) is 0 Å². The van der Waals surface area contributed by atoms with Crippen LogP contribution in [-0.2, 0) is 6.42 Å². The van der Waals surface area contributed by atoms with Crippen molar-refractivity contribution in [2.45, 2.75) is 18.7 Å². The molecule has 1 saturated heterocycles. The first kappa shape index (κ1) is 14.1. The predicted octanol–water partition coefficient (Wildman–Crippen LogP) is 3.53. The van der Waals surface area contributed by atoms with Gasteiger partial charge in [0.2, 0.25) is 0 Å². The van der Waals surface area contributed by atoms with Gasteiger partial charge in [-0.2, -0.15) is 0 Å². The number of amides is 1. The molecule has 0 bridgehead atoms. The van der Waals surface area contributed by atoms with Crippen LogP contribution in [-0.4, -0.2) is 28.1 Å². The molecule has 2 heterocycles. The molecule has 1 aliphatic rings. The van der Waals surface area contributed by atoms with Crippen molar-refractivity contribution in [2.24, 2.45) is 0 Å². The van der Waals surface area contributed by atoms with E-state index in [4.69, 9.17) is 0 Å². The first-order valence-corrected chi connectivity index (χ1v) is 8.26. The van der Waals surface area contributed by atoms with Crippen LogP contribution in [0.1, 0.15) is 33.8 Å². The van der Waals surface area contributed by atoms with E-state index in [1.807, 2.05) is 47.5 Å². The van der Waals surface area contributed by atoms with Gasteiger partial charge in [-0.05, 0) is 30.2 Å². The summed E-state index contributed by atoms with van der Waals surface area (Å²) in [6, 6.07) is 11.9. The van der Waals surface area contributed by atoms with E-state index in [1.165, 1.54) is 5.56 Å². The summed E-state index contributed by atoms with van der Waals surface area (Å²) in [5, 5.41) is 0.0806. The van der Waals surface area contributed by atoms with Crippen LogP contribution in [0.5, 0.6) is 0 Å². The Labute approximate surface area is 129 Å². The number of benzene rings is 1. The lowest BCUT2D eigenvalue weighted by atomic mass is 10.1. The van der Waals surface area contributed by atoms with E-state index in [-0.39, 0.29) is 11.3 Å². The van der Waals surface area contributed by atoms with Crippen molar-refractivity contribution in [3.8, 4) is 0 Å². The predicted molar refractivity (Wildman–Crippen MR) is 86.3 cm³/mol. The average Bonchev–Trinajstić information content (AvgIpc) is 3.04. The summed E-state index contributed by atoms with van der Waals surface area (Å²) in [6.07, 6.45) is 4.61. The molecule has 108 valence electrons. The summed E-state index contributed by atoms with van der Waals surface area (Å²) < 4.78 is 0. The third-order valence-corrected chi connectivity index (χ3v) is 4.99. The lowest BCUT2D eigenvalue weighted by Crippen LogP contribution is -2.30. The van der Waals surface area contributed by atoms with E-state index in [1.54, 1.807) is 18.0 Å². The number of carbonyl (C=O) groups excluding carboxylic acids is 1. The molecule has 4 heteroatoms. The maximum atomic E-state index is 12.7. The molecule has 3 nitrogen and oxygen atoms in total. The molecule has 1 aliphatic heterocycles. The van der Waals surface area contributed by atoms with Gasteiger partial charge in [0, 0.05) is 35.8 Å². The van der Waals surface area contributed by atoms with Gasteiger partial charge in [-0.3, -0.25) is 9.78 Å². The Morgan fingerprint density at radius 3 is 2.81 bits per heavy atom. The number of thioether (sulfide) groups is 1. The second-order valence-corrected chi connectivity index (χ2v) is 6.25.